The normalized spacial score (nSPS) is 10.2. The Kier molecular flexibility index (Phi) is 6.56. The summed E-state index contributed by atoms with van der Waals surface area (Å²) in [6, 6.07) is 11.4. The molecule has 0 aliphatic rings. The molecule has 25 heavy (non-hydrogen) atoms. The Balaban J connectivity index is 1.83. The minimum atomic E-state index is -0.780. The first-order chi connectivity index (χ1) is 11.9. The second-order valence-electron chi connectivity index (χ2n) is 5.33. The highest BCUT2D eigenvalue weighted by atomic mass is 35.5. The van der Waals surface area contributed by atoms with Crippen molar-refractivity contribution in [2.45, 2.75) is 13.3 Å². The van der Waals surface area contributed by atoms with Gasteiger partial charge in [-0.15, -0.1) is 0 Å². The molecule has 0 unspecified atom stereocenters. The quantitative estimate of drug-likeness (QED) is 0.617. The number of anilines is 1. The van der Waals surface area contributed by atoms with Crippen LogP contribution in [0.4, 0.5) is 5.69 Å². The molecular weight excluding hydrogens is 363 g/mol. The number of benzene rings is 2. The van der Waals surface area contributed by atoms with Crippen LogP contribution in [0, 0.1) is 0 Å². The second kappa shape index (κ2) is 8.65. The Morgan fingerprint density at radius 3 is 2.24 bits per heavy atom. The average molecular weight is 379 g/mol. The van der Waals surface area contributed by atoms with E-state index in [9.17, 15) is 14.4 Å². The van der Waals surface area contributed by atoms with Crippen molar-refractivity contribution >= 4 is 46.5 Å². The van der Waals surface area contributed by atoms with Gasteiger partial charge in [-0.1, -0.05) is 29.3 Å². The largest absolute Gasteiger partial charge is 0.347 e. The molecule has 0 atom stereocenters. The van der Waals surface area contributed by atoms with Crippen molar-refractivity contribution in [3.63, 3.8) is 0 Å². The fourth-order valence-corrected chi connectivity index (χ4v) is 2.59. The van der Waals surface area contributed by atoms with E-state index in [0.29, 0.717) is 27.7 Å². The molecule has 7 heteroatoms. The zero-order valence-corrected chi connectivity index (χ0v) is 14.9. The van der Waals surface area contributed by atoms with Crippen molar-refractivity contribution in [2.24, 2.45) is 0 Å². The van der Waals surface area contributed by atoms with Crippen LogP contribution in [0.25, 0.3) is 0 Å². The fourth-order valence-electron chi connectivity index (χ4n) is 2.09. The predicted molar refractivity (Wildman–Crippen MR) is 98.3 cm³/mol. The number of halogens is 2. The van der Waals surface area contributed by atoms with Crippen molar-refractivity contribution in [1.82, 2.24) is 5.32 Å². The van der Waals surface area contributed by atoms with E-state index >= 15 is 0 Å². The predicted octanol–water partition coefficient (Wildman–Crippen LogP) is 3.49. The number of carbonyl (C=O) groups is 3. The van der Waals surface area contributed by atoms with Gasteiger partial charge in [0.25, 0.3) is 0 Å². The molecule has 2 rings (SSSR count). The van der Waals surface area contributed by atoms with Crippen molar-refractivity contribution in [2.75, 3.05) is 11.9 Å². The summed E-state index contributed by atoms with van der Waals surface area (Å²) in [5.41, 5.74) is 1.79. The maximum Gasteiger partial charge on any atom is 0.313 e. The number of carbonyl (C=O) groups excluding carboxylic acids is 3. The molecule has 130 valence electrons. The van der Waals surface area contributed by atoms with Gasteiger partial charge in [0.2, 0.25) is 0 Å². The zero-order chi connectivity index (χ0) is 18.4. The summed E-state index contributed by atoms with van der Waals surface area (Å²) >= 11 is 11.9. The van der Waals surface area contributed by atoms with E-state index in [-0.39, 0.29) is 12.3 Å². The van der Waals surface area contributed by atoms with Crippen LogP contribution in [-0.2, 0) is 16.0 Å². The molecule has 0 radical (unpaired) electrons. The molecule has 5 nitrogen and oxygen atoms in total. The van der Waals surface area contributed by atoms with E-state index in [4.69, 9.17) is 23.2 Å². The van der Waals surface area contributed by atoms with Gasteiger partial charge in [-0.3, -0.25) is 14.4 Å². The molecule has 0 bridgehead atoms. The van der Waals surface area contributed by atoms with Crippen LogP contribution in [0.2, 0.25) is 10.0 Å². The van der Waals surface area contributed by atoms with Crippen LogP contribution in [0.5, 0.6) is 0 Å². The number of Topliss-reactive ketones (excluding diaryl/α,β-unsaturated/α-hetero) is 1. The zero-order valence-electron chi connectivity index (χ0n) is 13.4. The van der Waals surface area contributed by atoms with Crippen molar-refractivity contribution < 1.29 is 14.4 Å². The Bertz CT molecular complexity index is 804. The number of nitrogens with one attached hydrogen (secondary N) is 2. The Labute approximate surface area is 155 Å². The molecule has 0 aliphatic carbocycles. The smallest absolute Gasteiger partial charge is 0.313 e. The number of ketones is 1. The van der Waals surface area contributed by atoms with Crippen molar-refractivity contribution in [1.29, 1.82) is 0 Å². The highest BCUT2D eigenvalue weighted by Crippen LogP contribution is 2.21. The second-order valence-corrected chi connectivity index (χ2v) is 6.17. The minimum absolute atomic E-state index is 0.0727. The third-order valence-corrected chi connectivity index (χ3v) is 4.04. The molecule has 2 amide bonds. The summed E-state index contributed by atoms with van der Waals surface area (Å²) in [7, 11) is 0. The highest BCUT2D eigenvalue weighted by molar-refractivity contribution is 6.39. The third kappa shape index (κ3) is 5.59. The molecule has 0 spiro atoms. The van der Waals surface area contributed by atoms with Crippen molar-refractivity contribution in [3.05, 3.63) is 63.6 Å². The van der Waals surface area contributed by atoms with Gasteiger partial charge in [-0.25, -0.2) is 0 Å². The van der Waals surface area contributed by atoms with Gasteiger partial charge >= 0.3 is 11.8 Å². The number of hydrogen-bond acceptors (Lipinski definition) is 3. The number of hydrogen-bond donors (Lipinski definition) is 2. The maximum absolute atomic E-state index is 11.9. The van der Waals surface area contributed by atoms with Gasteiger partial charge in [0.05, 0.1) is 0 Å². The maximum atomic E-state index is 11.9. The van der Waals surface area contributed by atoms with E-state index in [1.807, 2.05) is 0 Å². The van der Waals surface area contributed by atoms with Crippen LogP contribution < -0.4 is 10.6 Å². The molecule has 0 saturated carbocycles. The summed E-state index contributed by atoms with van der Waals surface area (Å²) in [6.07, 6.45) is 0.475. The lowest BCUT2D eigenvalue weighted by atomic mass is 10.1. The van der Waals surface area contributed by atoms with E-state index in [1.165, 1.54) is 6.92 Å². The van der Waals surface area contributed by atoms with Crippen LogP contribution in [-0.4, -0.2) is 24.1 Å². The monoisotopic (exact) mass is 378 g/mol. The van der Waals surface area contributed by atoms with Crippen LogP contribution in [0.3, 0.4) is 0 Å². The molecule has 2 aromatic carbocycles. The first kappa shape index (κ1) is 19.0. The highest BCUT2D eigenvalue weighted by Gasteiger charge is 2.13. The standard InChI is InChI=1S/C18H16Cl2N2O3/c1-11(23)12-3-6-15(7-4-12)22-18(25)17(24)21-9-8-13-2-5-14(19)10-16(13)20/h2-7,10H,8-9H2,1H3,(H,21,24)(H,22,25). The van der Waals surface area contributed by atoms with Crippen LogP contribution in [0.1, 0.15) is 22.8 Å². The first-order valence-electron chi connectivity index (χ1n) is 7.51. The lowest BCUT2D eigenvalue weighted by molar-refractivity contribution is -0.136. The van der Waals surface area contributed by atoms with Gasteiger partial charge < -0.3 is 10.6 Å². The Morgan fingerprint density at radius 2 is 1.64 bits per heavy atom. The van der Waals surface area contributed by atoms with E-state index < -0.39 is 11.8 Å². The van der Waals surface area contributed by atoms with Gasteiger partial charge in [-0.05, 0) is 55.3 Å². The average Bonchev–Trinajstić information content (AvgIpc) is 2.57. The molecule has 0 saturated heterocycles. The summed E-state index contributed by atoms with van der Waals surface area (Å²) in [5.74, 6) is -1.60. The molecule has 0 fully saturated rings. The third-order valence-electron chi connectivity index (χ3n) is 3.45. The SMILES string of the molecule is CC(=O)c1ccc(NC(=O)C(=O)NCCc2ccc(Cl)cc2Cl)cc1. The Morgan fingerprint density at radius 1 is 0.960 bits per heavy atom. The van der Waals surface area contributed by atoms with E-state index in [1.54, 1.807) is 42.5 Å². The first-order valence-corrected chi connectivity index (χ1v) is 8.26. The van der Waals surface area contributed by atoms with Gasteiger partial charge in [-0.2, -0.15) is 0 Å². The number of rotatable bonds is 5. The Hall–Kier alpha value is -2.37. The summed E-state index contributed by atoms with van der Waals surface area (Å²) in [5, 5.41) is 6.04. The fraction of sp³-hybridized carbons (Fsp3) is 0.167. The minimum Gasteiger partial charge on any atom is -0.347 e. The lowest BCUT2D eigenvalue weighted by Crippen LogP contribution is -2.36. The topological polar surface area (TPSA) is 75.3 Å². The molecular formula is C18H16Cl2N2O3. The van der Waals surface area contributed by atoms with Crippen LogP contribution >= 0.6 is 23.2 Å². The van der Waals surface area contributed by atoms with Crippen LogP contribution in [0.15, 0.2) is 42.5 Å². The molecule has 0 aromatic heterocycles. The van der Waals surface area contributed by atoms with Gasteiger partial charge in [0.15, 0.2) is 5.78 Å². The summed E-state index contributed by atoms with van der Waals surface area (Å²) < 4.78 is 0. The van der Waals surface area contributed by atoms with Gasteiger partial charge in [0.1, 0.15) is 0 Å². The molecule has 0 aliphatic heterocycles. The van der Waals surface area contributed by atoms with E-state index in [0.717, 1.165) is 5.56 Å². The van der Waals surface area contributed by atoms with Gasteiger partial charge in [0, 0.05) is 27.8 Å². The van der Waals surface area contributed by atoms with Crippen molar-refractivity contribution in [3.8, 4) is 0 Å². The lowest BCUT2D eigenvalue weighted by Gasteiger charge is -2.08. The summed E-state index contributed by atoms with van der Waals surface area (Å²) in [4.78, 5) is 34.9. The molecule has 2 N–H and O–H groups in total. The number of amides is 2. The molecule has 2 aromatic rings. The molecule has 0 heterocycles. The summed E-state index contributed by atoms with van der Waals surface area (Å²) in [6.45, 7) is 1.71. The van der Waals surface area contributed by atoms with E-state index in [2.05, 4.69) is 10.6 Å².